The molecule has 3 aromatic heterocycles. The molecule has 0 bridgehead atoms. The fourth-order valence-electron chi connectivity index (χ4n) is 6.84. The van der Waals surface area contributed by atoms with E-state index in [0.29, 0.717) is 11.8 Å². The number of nitrogens with one attached hydrogen (secondary N) is 1. The fourth-order valence-corrected chi connectivity index (χ4v) is 6.84. The predicted molar refractivity (Wildman–Crippen MR) is 156 cm³/mol. The van der Waals surface area contributed by atoms with Crippen LogP contribution in [-0.2, 0) is 4.74 Å². The third kappa shape index (κ3) is 5.17. The third-order valence-electron chi connectivity index (χ3n) is 8.99. The molecule has 2 fully saturated rings. The maximum Gasteiger partial charge on any atom is 0.197 e. The largest absolute Gasteiger partial charge is 0.493 e. The van der Waals surface area contributed by atoms with E-state index in [9.17, 15) is 0 Å². The molecule has 8 nitrogen and oxygen atoms in total. The molecular formula is C31H42N6O2. The number of piperazine rings is 1. The maximum absolute atomic E-state index is 5.65. The Kier molecular flexibility index (Phi) is 7.60. The summed E-state index contributed by atoms with van der Waals surface area (Å²) in [7, 11) is 3.48. The van der Waals surface area contributed by atoms with Crippen molar-refractivity contribution in [2.45, 2.75) is 57.4 Å². The van der Waals surface area contributed by atoms with Crippen molar-refractivity contribution in [1.29, 1.82) is 0 Å². The molecule has 0 spiro atoms. The van der Waals surface area contributed by atoms with Gasteiger partial charge >= 0.3 is 0 Å². The number of hydrogen-bond acceptors (Lipinski definition) is 6. The van der Waals surface area contributed by atoms with Gasteiger partial charge < -0.3 is 14.5 Å². The minimum atomic E-state index is 0.375. The van der Waals surface area contributed by atoms with Gasteiger partial charge in [0.05, 0.1) is 19.4 Å². The topological polar surface area (TPSA) is 70.9 Å². The molecule has 0 amide bonds. The lowest BCUT2D eigenvalue weighted by atomic mass is 9.80. The van der Waals surface area contributed by atoms with Crippen molar-refractivity contribution in [3.63, 3.8) is 0 Å². The van der Waals surface area contributed by atoms with Crippen LogP contribution in [0, 0.1) is 0 Å². The van der Waals surface area contributed by atoms with Crippen molar-refractivity contribution in [2.75, 3.05) is 53.6 Å². The Morgan fingerprint density at radius 2 is 1.82 bits per heavy atom. The van der Waals surface area contributed by atoms with Crippen LogP contribution in [0.5, 0.6) is 5.75 Å². The molecule has 6 rings (SSSR count). The molecule has 1 aliphatic carbocycles. The molecule has 0 radical (unpaired) electrons. The van der Waals surface area contributed by atoms with Gasteiger partial charge in [-0.25, -0.2) is 9.50 Å². The summed E-state index contributed by atoms with van der Waals surface area (Å²) in [5.74, 6) is 1.74. The Morgan fingerprint density at radius 3 is 2.54 bits per heavy atom. The molecule has 4 aromatic rings. The molecule has 1 N–H and O–H groups in total. The number of ether oxygens (including phenoxy) is 2. The minimum Gasteiger partial charge on any atom is -0.493 e. The van der Waals surface area contributed by atoms with Gasteiger partial charge in [-0.3, -0.25) is 9.80 Å². The first-order valence-corrected chi connectivity index (χ1v) is 14.5. The van der Waals surface area contributed by atoms with E-state index in [-0.39, 0.29) is 0 Å². The Labute approximate surface area is 231 Å². The lowest BCUT2D eigenvalue weighted by Gasteiger charge is -2.42. The summed E-state index contributed by atoms with van der Waals surface area (Å²) in [6.07, 6.45) is 8.76. The number of fused-ring (bicyclic) bond motifs is 2. The number of aromatic amines is 1. The summed E-state index contributed by atoms with van der Waals surface area (Å²) in [6.45, 7) is 11.2. The van der Waals surface area contributed by atoms with E-state index in [1.807, 2.05) is 6.20 Å². The van der Waals surface area contributed by atoms with E-state index < -0.39 is 0 Å². The number of rotatable bonds is 8. The van der Waals surface area contributed by atoms with Gasteiger partial charge in [-0.2, -0.15) is 5.10 Å². The summed E-state index contributed by atoms with van der Waals surface area (Å²) in [6, 6.07) is 9.92. The number of H-pyrrole nitrogens is 1. The molecule has 39 heavy (non-hydrogen) atoms. The number of methoxy groups -OCH3 is 2. The molecule has 1 saturated heterocycles. The van der Waals surface area contributed by atoms with Crippen molar-refractivity contribution < 1.29 is 9.47 Å². The zero-order valence-corrected chi connectivity index (χ0v) is 23.8. The smallest absolute Gasteiger partial charge is 0.197 e. The van der Waals surface area contributed by atoms with Crippen molar-refractivity contribution in [3.8, 4) is 17.0 Å². The number of nitrogens with zero attached hydrogens (tertiary/aromatic N) is 5. The number of hydrogen-bond donors (Lipinski definition) is 1. The van der Waals surface area contributed by atoms with E-state index in [1.165, 1.54) is 73.9 Å². The van der Waals surface area contributed by atoms with Crippen LogP contribution in [0.3, 0.4) is 0 Å². The lowest BCUT2D eigenvalue weighted by Crippen LogP contribution is -2.51. The minimum absolute atomic E-state index is 0.375. The molecule has 2 aliphatic rings. The highest BCUT2D eigenvalue weighted by molar-refractivity contribution is 5.92. The van der Waals surface area contributed by atoms with Gasteiger partial charge in [0, 0.05) is 68.5 Å². The van der Waals surface area contributed by atoms with Gasteiger partial charge in [-0.15, -0.1) is 0 Å². The van der Waals surface area contributed by atoms with Crippen molar-refractivity contribution >= 4 is 16.6 Å². The second-order valence-corrected chi connectivity index (χ2v) is 11.6. The Balaban J connectivity index is 1.20. The lowest BCUT2D eigenvalue weighted by molar-refractivity contribution is 0.0609. The van der Waals surface area contributed by atoms with E-state index in [0.717, 1.165) is 41.8 Å². The molecule has 1 saturated carbocycles. The first-order valence-electron chi connectivity index (χ1n) is 14.5. The van der Waals surface area contributed by atoms with Gasteiger partial charge in [0.25, 0.3) is 0 Å². The summed E-state index contributed by atoms with van der Waals surface area (Å²) in [4.78, 5) is 13.4. The first kappa shape index (κ1) is 26.3. The van der Waals surface area contributed by atoms with Crippen LogP contribution in [0.1, 0.15) is 62.5 Å². The van der Waals surface area contributed by atoms with Crippen LogP contribution in [-0.4, -0.2) is 89.0 Å². The molecule has 4 heterocycles. The Bertz CT molecular complexity index is 1410. The van der Waals surface area contributed by atoms with E-state index >= 15 is 0 Å². The van der Waals surface area contributed by atoms with Gasteiger partial charge in [0.2, 0.25) is 0 Å². The molecule has 1 aromatic carbocycles. The second-order valence-electron chi connectivity index (χ2n) is 11.6. The second kappa shape index (κ2) is 11.3. The summed E-state index contributed by atoms with van der Waals surface area (Å²) >= 11 is 0. The van der Waals surface area contributed by atoms with E-state index in [4.69, 9.17) is 9.47 Å². The SMILES string of the molecule is COCCN1CCN(C2CCC(c3ccc4[nH]c(-c5cc(OC)c6ncnn6c5)c(C(C)C)c4c3)CC2)CC1. The van der Waals surface area contributed by atoms with Crippen LogP contribution in [0.4, 0.5) is 0 Å². The van der Waals surface area contributed by atoms with Crippen molar-refractivity contribution in [2.24, 2.45) is 0 Å². The van der Waals surface area contributed by atoms with Gasteiger partial charge in [-0.1, -0.05) is 19.9 Å². The highest BCUT2D eigenvalue weighted by Gasteiger charge is 2.29. The average Bonchev–Trinajstić information content (AvgIpc) is 3.60. The molecule has 1 aliphatic heterocycles. The first-order chi connectivity index (χ1) is 19.1. The number of pyridine rings is 1. The van der Waals surface area contributed by atoms with Crippen LogP contribution in [0.15, 0.2) is 36.8 Å². The van der Waals surface area contributed by atoms with Gasteiger partial charge in [-0.05, 0) is 66.8 Å². The van der Waals surface area contributed by atoms with E-state index in [1.54, 1.807) is 25.1 Å². The monoisotopic (exact) mass is 530 g/mol. The van der Waals surface area contributed by atoms with Crippen LogP contribution >= 0.6 is 0 Å². The molecular weight excluding hydrogens is 488 g/mol. The molecule has 8 heteroatoms. The number of benzene rings is 1. The molecule has 0 atom stereocenters. The standard InChI is InChI=1S/C31H42N6O2/c1-21(2)29-26-17-23(22-5-8-25(9-6-22)36-13-11-35(12-14-36)15-16-38-3)7-10-27(26)34-30(29)24-18-28(39-4)31-32-20-33-37(31)19-24/h7,10,17-22,25,34H,5-6,8-9,11-16H2,1-4H3. The summed E-state index contributed by atoms with van der Waals surface area (Å²) in [5, 5.41) is 5.71. The van der Waals surface area contributed by atoms with Gasteiger partial charge in [0.1, 0.15) is 6.33 Å². The zero-order chi connectivity index (χ0) is 26.9. The van der Waals surface area contributed by atoms with Gasteiger partial charge in [0.15, 0.2) is 11.4 Å². The highest BCUT2D eigenvalue weighted by Crippen LogP contribution is 2.41. The predicted octanol–water partition coefficient (Wildman–Crippen LogP) is 5.30. The van der Waals surface area contributed by atoms with Crippen LogP contribution < -0.4 is 4.74 Å². The molecule has 0 unspecified atom stereocenters. The summed E-state index contributed by atoms with van der Waals surface area (Å²) < 4.78 is 12.7. The maximum atomic E-state index is 5.65. The third-order valence-corrected chi connectivity index (χ3v) is 8.99. The van der Waals surface area contributed by atoms with E-state index in [2.05, 4.69) is 63.0 Å². The van der Waals surface area contributed by atoms with Crippen LogP contribution in [0.25, 0.3) is 27.8 Å². The highest BCUT2D eigenvalue weighted by atomic mass is 16.5. The summed E-state index contributed by atoms with van der Waals surface area (Å²) in [5.41, 5.74) is 6.97. The van der Waals surface area contributed by atoms with Crippen molar-refractivity contribution in [1.82, 2.24) is 29.4 Å². The normalized spacial score (nSPS) is 21.4. The number of aromatic nitrogens is 4. The Morgan fingerprint density at radius 1 is 1.03 bits per heavy atom. The quantitative estimate of drug-likeness (QED) is 0.333. The fraction of sp³-hybridized carbons (Fsp3) is 0.548. The van der Waals surface area contributed by atoms with Crippen LogP contribution in [0.2, 0.25) is 0 Å². The zero-order valence-electron chi connectivity index (χ0n) is 23.8. The molecule has 208 valence electrons. The van der Waals surface area contributed by atoms with Crippen molar-refractivity contribution in [3.05, 3.63) is 47.9 Å². The Hall–Kier alpha value is -2.94. The average molecular weight is 531 g/mol.